The van der Waals surface area contributed by atoms with E-state index in [0.29, 0.717) is 34.3 Å². The van der Waals surface area contributed by atoms with E-state index >= 15 is 0 Å². The number of fused-ring (bicyclic) bond motifs is 1. The number of anilines is 2. The van der Waals surface area contributed by atoms with E-state index in [0.717, 1.165) is 19.3 Å². The second-order valence-electron chi connectivity index (χ2n) is 6.57. The van der Waals surface area contributed by atoms with Crippen LogP contribution in [0.2, 0.25) is 5.02 Å². The SMILES string of the molecule is CCCCCN1C(=O)C(C)Oc2ccc(NC(=O)c3ccccc3Cl)cc21. The summed E-state index contributed by atoms with van der Waals surface area (Å²) in [6, 6.07) is 12.2. The molecule has 0 aromatic heterocycles. The first-order valence-electron chi connectivity index (χ1n) is 9.19. The van der Waals surface area contributed by atoms with Gasteiger partial charge in [0.2, 0.25) is 0 Å². The Balaban J connectivity index is 1.84. The molecule has 0 radical (unpaired) electrons. The van der Waals surface area contributed by atoms with Crippen LogP contribution in [0.25, 0.3) is 0 Å². The summed E-state index contributed by atoms with van der Waals surface area (Å²) >= 11 is 6.10. The Kier molecular flexibility index (Phi) is 6.01. The molecule has 0 saturated heterocycles. The van der Waals surface area contributed by atoms with Crippen molar-refractivity contribution in [3.63, 3.8) is 0 Å². The topological polar surface area (TPSA) is 58.6 Å². The molecular weight excluding hydrogens is 364 g/mol. The van der Waals surface area contributed by atoms with Crippen molar-refractivity contribution in [2.75, 3.05) is 16.8 Å². The van der Waals surface area contributed by atoms with Crippen molar-refractivity contribution in [2.24, 2.45) is 0 Å². The summed E-state index contributed by atoms with van der Waals surface area (Å²) in [6.45, 7) is 4.51. The highest BCUT2D eigenvalue weighted by Gasteiger charge is 2.31. The molecular formula is C21H23ClN2O3. The molecule has 1 aliphatic heterocycles. The quantitative estimate of drug-likeness (QED) is 0.718. The number of rotatable bonds is 6. The van der Waals surface area contributed by atoms with Crippen molar-refractivity contribution >= 4 is 34.8 Å². The molecule has 0 spiro atoms. The average Bonchev–Trinajstić information content (AvgIpc) is 2.65. The Bertz CT molecular complexity index is 853. The fourth-order valence-corrected chi connectivity index (χ4v) is 3.30. The third-order valence-corrected chi connectivity index (χ3v) is 4.86. The fraction of sp³-hybridized carbons (Fsp3) is 0.333. The van der Waals surface area contributed by atoms with Crippen molar-refractivity contribution in [3.8, 4) is 5.75 Å². The molecule has 27 heavy (non-hydrogen) atoms. The Hall–Kier alpha value is -2.53. The van der Waals surface area contributed by atoms with Crippen LogP contribution in [-0.2, 0) is 4.79 Å². The Morgan fingerprint density at radius 3 is 2.74 bits per heavy atom. The number of benzene rings is 2. The summed E-state index contributed by atoms with van der Waals surface area (Å²) in [4.78, 5) is 26.8. The first-order valence-corrected chi connectivity index (χ1v) is 9.57. The zero-order chi connectivity index (χ0) is 19.4. The maximum atomic E-state index is 12.6. The van der Waals surface area contributed by atoms with Crippen molar-refractivity contribution < 1.29 is 14.3 Å². The largest absolute Gasteiger partial charge is 0.479 e. The zero-order valence-electron chi connectivity index (χ0n) is 15.5. The molecule has 1 heterocycles. The van der Waals surface area contributed by atoms with Gasteiger partial charge in [-0.1, -0.05) is 43.5 Å². The van der Waals surface area contributed by atoms with Crippen LogP contribution in [0.1, 0.15) is 43.5 Å². The van der Waals surface area contributed by atoms with Crippen LogP contribution in [0.5, 0.6) is 5.75 Å². The number of nitrogens with zero attached hydrogens (tertiary/aromatic N) is 1. The maximum absolute atomic E-state index is 12.6. The number of halogens is 1. The maximum Gasteiger partial charge on any atom is 0.267 e. The highest BCUT2D eigenvalue weighted by atomic mass is 35.5. The van der Waals surface area contributed by atoms with Crippen molar-refractivity contribution in [1.29, 1.82) is 0 Å². The van der Waals surface area contributed by atoms with Gasteiger partial charge in [-0.3, -0.25) is 9.59 Å². The molecule has 0 aliphatic carbocycles. The lowest BCUT2D eigenvalue weighted by Crippen LogP contribution is -2.44. The van der Waals surface area contributed by atoms with Crippen LogP contribution in [0.4, 0.5) is 11.4 Å². The van der Waals surface area contributed by atoms with E-state index in [9.17, 15) is 9.59 Å². The molecule has 6 heteroatoms. The van der Waals surface area contributed by atoms with Crippen LogP contribution >= 0.6 is 11.6 Å². The average molecular weight is 387 g/mol. The second-order valence-corrected chi connectivity index (χ2v) is 6.98. The molecule has 2 amide bonds. The summed E-state index contributed by atoms with van der Waals surface area (Å²) in [5.41, 5.74) is 1.67. The molecule has 1 unspecified atom stereocenters. The normalized spacial score (nSPS) is 15.9. The summed E-state index contributed by atoms with van der Waals surface area (Å²) < 4.78 is 5.72. The third kappa shape index (κ3) is 4.25. The van der Waals surface area contributed by atoms with Gasteiger partial charge in [0.05, 0.1) is 16.3 Å². The smallest absolute Gasteiger partial charge is 0.267 e. The zero-order valence-corrected chi connectivity index (χ0v) is 16.3. The van der Waals surface area contributed by atoms with Gasteiger partial charge in [-0.2, -0.15) is 0 Å². The lowest BCUT2D eigenvalue weighted by atomic mass is 10.1. The van der Waals surface area contributed by atoms with Crippen LogP contribution in [-0.4, -0.2) is 24.5 Å². The first kappa shape index (κ1) is 19.2. The summed E-state index contributed by atoms with van der Waals surface area (Å²) in [6.07, 6.45) is 2.54. The summed E-state index contributed by atoms with van der Waals surface area (Å²) in [5.74, 6) is 0.289. The molecule has 1 atom stereocenters. The molecule has 1 aliphatic rings. The number of hydrogen-bond donors (Lipinski definition) is 1. The Morgan fingerprint density at radius 1 is 1.22 bits per heavy atom. The summed E-state index contributed by atoms with van der Waals surface area (Å²) in [5, 5.41) is 3.24. The van der Waals surface area contributed by atoms with Gasteiger partial charge >= 0.3 is 0 Å². The van der Waals surface area contributed by atoms with Crippen LogP contribution in [0, 0.1) is 0 Å². The van der Waals surface area contributed by atoms with Gasteiger partial charge in [-0.25, -0.2) is 0 Å². The van der Waals surface area contributed by atoms with Crippen LogP contribution in [0.3, 0.4) is 0 Å². The number of ether oxygens (including phenoxy) is 1. The predicted octanol–water partition coefficient (Wildman–Crippen LogP) is 4.90. The third-order valence-electron chi connectivity index (χ3n) is 4.53. The number of carbonyl (C=O) groups excluding carboxylic acids is 2. The minimum Gasteiger partial charge on any atom is -0.479 e. The van der Waals surface area contributed by atoms with E-state index in [1.165, 1.54) is 0 Å². The first-order chi connectivity index (χ1) is 13.0. The highest BCUT2D eigenvalue weighted by molar-refractivity contribution is 6.34. The van der Waals surface area contributed by atoms with E-state index in [2.05, 4.69) is 12.2 Å². The number of amides is 2. The van der Waals surface area contributed by atoms with E-state index in [-0.39, 0.29) is 11.8 Å². The van der Waals surface area contributed by atoms with Crippen molar-refractivity contribution in [1.82, 2.24) is 0 Å². The van der Waals surface area contributed by atoms with E-state index in [1.807, 2.05) is 0 Å². The van der Waals surface area contributed by atoms with Gasteiger partial charge in [0, 0.05) is 12.2 Å². The minimum atomic E-state index is -0.511. The molecule has 0 fully saturated rings. The Labute approximate surface area is 164 Å². The van der Waals surface area contributed by atoms with Gasteiger partial charge in [0.15, 0.2) is 6.10 Å². The molecule has 3 rings (SSSR count). The highest BCUT2D eigenvalue weighted by Crippen LogP contribution is 2.36. The van der Waals surface area contributed by atoms with Gasteiger partial charge in [0.1, 0.15) is 5.75 Å². The monoisotopic (exact) mass is 386 g/mol. The molecule has 5 nitrogen and oxygen atoms in total. The number of unbranched alkanes of at least 4 members (excludes halogenated alkanes) is 2. The molecule has 0 saturated carbocycles. The van der Waals surface area contributed by atoms with Crippen molar-refractivity contribution in [2.45, 2.75) is 39.2 Å². The van der Waals surface area contributed by atoms with Gasteiger partial charge in [-0.15, -0.1) is 0 Å². The van der Waals surface area contributed by atoms with Crippen molar-refractivity contribution in [3.05, 3.63) is 53.1 Å². The lowest BCUT2D eigenvalue weighted by Gasteiger charge is -2.33. The standard InChI is InChI=1S/C21H23ClN2O3/c1-3-4-7-12-24-18-13-15(10-11-19(18)27-14(2)21(24)26)23-20(25)16-8-5-6-9-17(16)22/h5-6,8-11,13-14H,3-4,7,12H2,1-2H3,(H,23,25). The molecule has 2 aromatic carbocycles. The summed E-state index contributed by atoms with van der Waals surface area (Å²) in [7, 11) is 0. The van der Waals surface area contributed by atoms with Gasteiger partial charge < -0.3 is 15.0 Å². The Morgan fingerprint density at radius 2 is 2.00 bits per heavy atom. The number of nitrogens with one attached hydrogen (secondary N) is 1. The van der Waals surface area contributed by atoms with Crippen LogP contribution in [0.15, 0.2) is 42.5 Å². The van der Waals surface area contributed by atoms with E-state index < -0.39 is 6.10 Å². The number of hydrogen-bond acceptors (Lipinski definition) is 3. The number of carbonyl (C=O) groups is 2. The van der Waals surface area contributed by atoms with Gasteiger partial charge in [-0.05, 0) is 43.7 Å². The molecule has 0 bridgehead atoms. The van der Waals surface area contributed by atoms with Crippen LogP contribution < -0.4 is 15.0 Å². The molecule has 2 aromatic rings. The second kappa shape index (κ2) is 8.44. The fourth-order valence-electron chi connectivity index (χ4n) is 3.08. The molecule has 142 valence electrons. The minimum absolute atomic E-state index is 0.0619. The van der Waals surface area contributed by atoms with E-state index in [1.54, 1.807) is 54.3 Å². The predicted molar refractivity (Wildman–Crippen MR) is 108 cm³/mol. The lowest BCUT2D eigenvalue weighted by molar-refractivity contribution is -0.125. The van der Waals surface area contributed by atoms with E-state index in [4.69, 9.17) is 16.3 Å². The molecule has 1 N–H and O–H groups in total. The van der Waals surface area contributed by atoms with Gasteiger partial charge in [0.25, 0.3) is 11.8 Å².